The van der Waals surface area contributed by atoms with Crippen LogP contribution in [0.1, 0.15) is 35.6 Å². The Morgan fingerprint density at radius 2 is 1.57 bits per heavy atom. The van der Waals surface area contributed by atoms with E-state index in [1.807, 2.05) is 50.1 Å². The molecule has 1 N–H and O–H groups in total. The first-order valence-electron chi connectivity index (χ1n) is 9.83. The minimum absolute atomic E-state index is 0.0383. The molecule has 0 bridgehead atoms. The van der Waals surface area contributed by atoms with E-state index in [1.165, 1.54) is 17.5 Å². The molecule has 0 fully saturated rings. The number of rotatable bonds is 7. The number of sulfonamides is 1. The molecule has 152 valence electrons. The Balaban J connectivity index is 1.75. The van der Waals surface area contributed by atoms with Gasteiger partial charge in [-0.15, -0.1) is 0 Å². The molecule has 0 aromatic heterocycles. The molecule has 2 aromatic rings. The zero-order chi connectivity index (χ0) is 20.3. The smallest absolute Gasteiger partial charge is 0.240 e. The molecular weight excluding hydrogens is 370 g/mol. The number of hydrogen-bond acceptors (Lipinski definition) is 4. The van der Waals surface area contributed by atoms with Crippen molar-refractivity contribution in [1.82, 2.24) is 9.62 Å². The van der Waals surface area contributed by atoms with Gasteiger partial charge in [0.2, 0.25) is 10.0 Å². The van der Waals surface area contributed by atoms with Gasteiger partial charge in [-0.1, -0.05) is 18.2 Å². The molecule has 1 aliphatic rings. The molecule has 1 unspecified atom stereocenters. The number of nitrogens with zero attached hydrogens (tertiary/aromatic N) is 2. The van der Waals surface area contributed by atoms with Gasteiger partial charge in [-0.2, -0.15) is 0 Å². The third-order valence-electron chi connectivity index (χ3n) is 5.51. The monoisotopic (exact) mass is 401 g/mol. The van der Waals surface area contributed by atoms with E-state index in [-0.39, 0.29) is 6.04 Å². The first-order chi connectivity index (χ1) is 13.3. The average Bonchev–Trinajstić information content (AvgIpc) is 2.67. The molecule has 0 saturated heterocycles. The van der Waals surface area contributed by atoms with Crippen molar-refractivity contribution in [3.63, 3.8) is 0 Å². The number of anilines is 1. The summed E-state index contributed by atoms with van der Waals surface area (Å²) in [5.74, 6) is 0. The van der Waals surface area contributed by atoms with Crippen LogP contribution in [0.15, 0.2) is 47.4 Å². The zero-order valence-corrected chi connectivity index (χ0v) is 18.1. The number of benzene rings is 2. The first-order valence-corrected chi connectivity index (χ1v) is 11.3. The standard InChI is InChI=1S/C22H31N3O2S/c1-24(2)20-12-9-18(10-13-20)22(25(3)4)16-23-28(26,27)21-14-11-17-7-5-6-8-19(17)15-21/h9-15,22-23H,5-8,16H2,1-4H3. The van der Waals surface area contributed by atoms with E-state index in [0.29, 0.717) is 11.4 Å². The second-order valence-electron chi connectivity index (χ2n) is 7.95. The molecule has 5 nitrogen and oxygen atoms in total. The SMILES string of the molecule is CN(C)c1ccc(C(CNS(=O)(=O)c2ccc3c(c2)CCCC3)N(C)C)cc1. The Hall–Kier alpha value is -1.89. The first kappa shape index (κ1) is 20.8. The number of fused-ring (bicyclic) bond motifs is 1. The summed E-state index contributed by atoms with van der Waals surface area (Å²) in [6.07, 6.45) is 4.34. The third kappa shape index (κ3) is 4.74. The third-order valence-corrected chi connectivity index (χ3v) is 6.94. The summed E-state index contributed by atoms with van der Waals surface area (Å²) in [4.78, 5) is 4.46. The lowest BCUT2D eigenvalue weighted by atomic mass is 9.92. The Bertz CT molecular complexity index is 906. The van der Waals surface area contributed by atoms with Gasteiger partial charge in [0.05, 0.1) is 4.90 Å². The van der Waals surface area contributed by atoms with Crippen LogP contribution in [0.3, 0.4) is 0 Å². The highest BCUT2D eigenvalue weighted by Crippen LogP contribution is 2.25. The molecule has 3 rings (SSSR count). The van der Waals surface area contributed by atoms with Crippen molar-refractivity contribution in [3.8, 4) is 0 Å². The lowest BCUT2D eigenvalue weighted by Crippen LogP contribution is -2.34. The Morgan fingerprint density at radius 3 is 2.18 bits per heavy atom. The van der Waals surface area contributed by atoms with Crippen LogP contribution in [0.5, 0.6) is 0 Å². The normalized spacial score (nSPS) is 15.3. The fourth-order valence-corrected chi connectivity index (χ4v) is 4.83. The van der Waals surface area contributed by atoms with Gasteiger partial charge >= 0.3 is 0 Å². The molecule has 2 aromatic carbocycles. The van der Waals surface area contributed by atoms with Crippen LogP contribution in [0, 0.1) is 0 Å². The minimum atomic E-state index is -3.54. The van der Waals surface area contributed by atoms with Crippen LogP contribution in [0.4, 0.5) is 5.69 Å². The molecule has 28 heavy (non-hydrogen) atoms. The second-order valence-corrected chi connectivity index (χ2v) is 9.72. The van der Waals surface area contributed by atoms with Crippen LogP contribution < -0.4 is 9.62 Å². The summed E-state index contributed by atoms with van der Waals surface area (Å²) in [7, 11) is 4.41. The van der Waals surface area contributed by atoms with E-state index in [0.717, 1.165) is 30.5 Å². The van der Waals surface area contributed by atoms with Crippen molar-refractivity contribution >= 4 is 15.7 Å². The summed E-state index contributed by atoms with van der Waals surface area (Å²) in [6, 6.07) is 13.8. The highest BCUT2D eigenvalue weighted by molar-refractivity contribution is 7.89. The van der Waals surface area contributed by atoms with Gasteiger partial charge in [0.1, 0.15) is 0 Å². The molecule has 0 amide bonds. The van der Waals surface area contributed by atoms with Crippen LogP contribution >= 0.6 is 0 Å². The van der Waals surface area contributed by atoms with E-state index < -0.39 is 10.0 Å². The fraction of sp³-hybridized carbons (Fsp3) is 0.455. The number of aryl methyl sites for hydroxylation is 2. The van der Waals surface area contributed by atoms with E-state index in [1.54, 1.807) is 6.07 Å². The van der Waals surface area contributed by atoms with E-state index >= 15 is 0 Å². The molecule has 0 spiro atoms. The van der Waals surface area contributed by atoms with Gasteiger partial charge in [-0.3, -0.25) is 0 Å². The van der Waals surface area contributed by atoms with Crippen molar-refractivity contribution in [3.05, 3.63) is 59.2 Å². The van der Waals surface area contributed by atoms with Crippen molar-refractivity contribution in [1.29, 1.82) is 0 Å². The van der Waals surface area contributed by atoms with E-state index in [9.17, 15) is 8.42 Å². The number of likely N-dealkylation sites (N-methyl/N-ethyl adjacent to an activating group) is 1. The highest BCUT2D eigenvalue weighted by atomic mass is 32.2. The maximum Gasteiger partial charge on any atom is 0.240 e. The van der Waals surface area contributed by atoms with E-state index in [4.69, 9.17) is 0 Å². The molecule has 6 heteroatoms. The molecule has 1 aliphatic carbocycles. The van der Waals surface area contributed by atoms with Crippen molar-refractivity contribution < 1.29 is 8.42 Å². The quantitative estimate of drug-likeness (QED) is 0.774. The second kappa shape index (κ2) is 8.64. The van der Waals surface area contributed by atoms with Gasteiger partial charge in [0, 0.05) is 32.4 Å². The van der Waals surface area contributed by atoms with Crippen LogP contribution in [-0.4, -0.2) is 48.1 Å². The van der Waals surface area contributed by atoms with Gasteiger partial charge in [0.25, 0.3) is 0 Å². The Labute approximate surface area is 169 Å². The Kier molecular flexibility index (Phi) is 6.43. The highest BCUT2D eigenvalue weighted by Gasteiger charge is 2.21. The molecule has 0 aliphatic heterocycles. The molecular formula is C22H31N3O2S. The van der Waals surface area contributed by atoms with Crippen LogP contribution in [0.2, 0.25) is 0 Å². The predicted octanol–water partition coefficient (Wildman–Crippen LogP) is 3.21. The molecule has 1 atom stereocenters. The van der Waals surface area contributed by atoms with Gasteiger partial charge < -0.3 is 9.80 Å². The summed E-state index contributed by atoms with van der Waals surface area (Å²) >= 11 is 0. The molecule has 0 heterocycles. The van der Waals surface area contributed by atoms with Crippen molar-refractivity contribution in [2.75, 3.05) is 39.6 Å². The van der Waals surface area contributed by atoms with Gasteiger partial charge in [0.15, 0.2) is 0 Å². The summed E-state index contributed by atoms with van der Waals surface area (Å²) in [6.45, 7) is 0.327. The van der Waals surface area contributed by atoms with Crippen LogP contribution in [0.25, 0.3) is 0 Å². The summed E-state index contributed by atoms with van der Waals surface area (Å²) < 4.78 is 28.6. The maximum absolute atomic E-state index is 12.9. The largest absolute Gasteiger partial charge is 0.378 e. The van der Waals surface area contributed by atoms with Gasteiger partial charge in [-0.05, 0) is 80.7 Å². The number of hydrogen-bond donors (Lipinski definition) is 1. The van der Waals surface area contributed by atoms with E-state index in [2.05, 4.69) is 29.0 Å². The minimum Gasteiger partial charge on any atom is -0.378 e. The predicted molar refractivity (Wildman–Crippen MR) is 115 cm³/mol. The van der Waals surface area contributed by atoms with Gasteiger partial charge in [-0.25, -0.2) is 13.1 Å². The summed E-state index contributed by atoms with van der Waals surface area (Å²) in [5.41, 5.74) is 4.68. The lowest BCUT2D eigenvalue weighted by Gasteiger charge is -2.26. The number of nitrogens with one attached hydrogen (secondary N) is 1. The molecule has 0 radical (unpaired) electrons. The molecule has 0 saturated carbocycles. The van der Waals surface area contributed by atoms with Crippen molar-refractivity contribution in [2.24, 2.45) is 0 Å². The Morgan fingerprint density at radius 1 is 0.929 bits per heavy atom. The maximum atomic E-state index is 12.9. The van der Waals surface area contributed by atoms with Crippen LogP contribution in [-0.2, 0) is 22.9 Å². The van der Waals surface area contributed by atoms with Crippen molar-refractivity contribution in [2.45, 2.75) is 36.6 Å². The zero-order valence-electron chi connectivity index (χ0n) is 17.3. The summed E-state index contributed by atoms with van der Waals surface area (Å²) in [5, 5.41) is 0. The lowest BCUT2D eigenvalue weighted by molar-refractivity contribution is 0.299. The fourth-order valence-electron chi connectivity index (χ4n) is 3.74. The topological polar surface area (TPSA) is 52.7 Å². The average molecular weight is 402 g/mol.